The number of fused-ring (bicyclic) bond motifs is 2. The second-order valence-electron chi connectivity index (χ2n) is 8.61. The second kappa shape index (κ2) is 8.61. The van der Waals surface area contributed by atoms with Gasteiger partial charge < -0.3 is 31.3 Å². The first-order valence-electron chi connectivity index (χ1n) is 9.89. The quantitative estimate of drug-likeness (QED) is 0.280. The summed E-state index contributed by atoms with van der Waals surface area (Å²) in [5.41, 5.74) is -4.78. The van der Waals surface area contributed by atoms with E-state index in [1.807, 2.05) is 26.2 Å². The van der Waals surface area contributed by atoms with Crippen molar-refractivity contribution >= 4 is 5.97 Å². The van der Waals surface area contributed by atoms with Gasteiger partial charge in [0, 0.05) is 24.0 Å². The third kappa shape index (κ3) is 3.97. The Kier molecular flexibility index (Phi) is 6.57. The first kappa shape index (κ1) is 24.4. The van der Waals surface area contributed by atoms with E-state index in [2.05, 4.69) is 0 Å². The molecule has 4 nitrogen and oxygen atoms in total. The largest absolute Gasteiger partial charge is 1.00 e. The maximum atomic E-state index is 14.6. The zero-order chi connectivity index (χ0) is 22.6. The first-order valence-corrected chi connectivity index (χ1v) is 9.89. The molecule has 0 spiro atoms. The molecule has 2 heterocycles. The van der Waals surface area contributed by atoms with Gasteiger partial charge in [-0.25, -0.2) is 22.4 Å². The number of piperidine rings is 1. The Morgan fingerprint density at radius 1 is 0.938 bits per heavy atom. The lowest BCUT2D eigenvalue weighted by atomic mass is 9.85. The summed E-state index contributed by atoms with van der Waals surface area (Å²) in [6.45, 7) is 0. The van der Waals surface area contributed by atoms with Crippen LogP contribution in [0.2, 0.25) is 0 Å². The molecule has 2 aromatic carbocycles. The highest BCUT2D eigenvalue weighted by Gasteiger charge is 2.51. The minimum absolute atomic E-state index is 0. The normalized spacial score (nSPS) is 23.5. The average Bonchev–Trinajstić information content (AvgIpc) is 2.87. The van der Waals surface area contributed by atoms with E-state index in [0.29, 0.717) is 41.6 Å². The van der Waals surface area contributed by atoms with Gasteiger partial charge in [0.15, 0.2) is 0 Å². The average molecular weight is 516 g/mol. The van der Waals surface area contributed by atoms with E-state index in [9.17, 15) is 27.5 Å². The minimum Gasteiger partial charge on any atom is -1.00 e. The fraction of sp³-hybridized carbons (Fsp3) is 0.348. The molecule has 2 aliphatic heterocycles. The van der Waals surface area contributed by atoms with E-state index >= 15 is 0 Å². The Hall–Kier alpha value is -2.23. The van der Waals surface area contributed by atoms with Gasteiger partial charge in [-0.15, -0.1) is 0 Å². The maximum absolute atomic E-state index is 14.6. The number of aliphatic hydroxyl groups is 1. The SMILES string of the molecule is C[N+]1(C)C2C=C[C@@H]1CC(OC(=O)C(O)(c1cc(F)ccc1F)c1cc(F)ccc1F)C2.[Br-]. The molecular formula is C23H22BrF4NO3. The molecule has 3 atom stereocenters. The Morgan fingerprint density at radius 2 is 1.38 bits per heavy atom. The molecule has 32 heavy (non-hydrogen) atoms. The summed E-state index contributed by atoms with van der Waals surface area (Å²) in [6.07, 6.45) is 4.31. The van der Waals surface area contributed by atoms with Crippen molar-refractivity contribution in [1.82, 2.24) is 0 Å². The van der Waals surface area contributed by atoms with Crippen LogP contribution in [-0.4, -0.2) is 47.8 Å². The molecular weight excluding hydrogens is 494 g/mol. The summed E-state index contributed by atoms with van der Waals surface area (Å²) in [5.74, 6) is -5.63. The summed E-state index contributed by atoms with van der Waals surface area (Å²) in [7, 11) is 4.10. The lowest BCUT2D eigenvalue weighted by Gasteiger charge is -2.44. The fourth-order valence-corrected chi connectivity index (χ4v) is 4.53. The van der Waals surface area contributed by atoms with Crippen molar-refractivity contribution in [2.24, 2.45) is 0 Å². The number of nitrogens with zero attached hydrogens (tertiary/aromatic N) is 1. The third-order valence-corrected chi connectivity index (χ3v) is 6.48. The first-order chi connectivity index (χ1) is 14.5. The number of esters is 1. The van der Waals surface area contributed by atoms with Crippen LogP contribution in [0.1, 0.15) is 24.0 Å². The number of quaternary nitrogens is 1. The molecule has 172 valence electrons. The van der Waals surface area contributed by atoms with Crippen LogP contribution in [-0.2, 0) is 15.1 Å². The number of hydrogen-bond acceptors (Lipinski definition) is 3. The van der Waals surface area contributed by atoms with Gasteiger partial charge in [-0.2, -0.15) is 0 Å². The molecule has 0 aromatic heterocycles. The van der Waals surface area contributed by atoms with Crippen molar-refractivity contribution in [2.45, 2.75) is 36.6 Å². The molecule has 1 saturated heterocycles. The van der Waals surface area contributed by atoms with Gasteiger partial charge in [-0.1, -0.05) is 0 Å². The molecule has 1 fully saturated rings. The van der Waals surface area contributed by atoms with Crippen LogP contribution in [0.25, 0.3) is 0 Å². The van der Waals surface area contributed by atoms with E-state index in [1.54, 1.807) is 0 Å². The Balaban J connectivity index is 0.00000289. The molecule has 1 N–H and O–H groups in total. The summed E-state index contributed by atoms with van der Waals surface area (Å²) < 4.78 is 63.2. The predicted molar refractivity (Wildman–Crippen MR) is 104 cm³/mol. The van der Waals surface area contributed by atoms with Crippen LogP contribution >= 0.6 is 0 Å². The highest BCUT2D eigenvalue weighted by molar-refractivity contribution is 5.85. The number of carbonyl (C=O) groups excluding carboxylic acids is 1. The van der Waals surface area contributed by atoms with Crippen molar-refractivity contribution in [3.8, 4) is 0 Å². The number of benzene rings is 2. The topological polar surface area (TPSA) is 46.5 Å². The molecule has 9 heteroatoms. The zero-order valence-corrected chi connectivity index (χ0v) is 19.0. The molecule has 0 saturated carbocycles. The van der Waals surface area contributed by atoms with Crippen molar-refractivity contribution < 1.29 is 53.7 Å². The Labute approximate surface area is 193 Å². The van der Waals surface area contributed by atoms with E-state index in [0.717, 1.165) is 12.1 Å². The highest BCUT2D eigenvalue weighted by atomic mass is 79.9. The molecule has 0 radical (unpaired) electrons. The monoisotopic (exact) mass is 515 g/mol. The number of rotatable bonds is 4. The van der Waals surface area contributed by atoms with E-state index < -0.39 is 52.1 Å². The molecule has 2 aliphatic rings. The van der Waals surface area contributed by atoms with Crippen molar-refractivity contribution in [3.05, 3.63) is 82.9 Å². The van der Waals surface area contributed by atoms with Gasteiger partial charge >= 0.3 is 5.97 Å². The molecule has 2 unspecified atom stereocenters. The number of likely N-dealkylation sites (N-methyl/N-ethyl adjacent to an activating group) is 1. The number of carbonyl (C=O) groups is 1. The molecule has 2 aromatic rings. The summed E-state index contributed by atoms with van der Waals surface area (Å²) in [6, 6.07) is 4.27. The smallest absolute Gasteiger partial charge is 0.348 e. The molecule has 0 aliphatic carbocycles. The Bertz CT molecular complexity index is 1010. The van der Waals surface area contributed by atoms with Crippen molar-refractivity contribution in [1.29, 1.82) is 0 Å². The molecule has 0 amide bonds. The maximum Gasteiger partial charge on any atom is 0.348 e. The van der Waals surface area contributed by atoms with Crippen LogP contribution in [0.15, 0.2) is 48.6 Å². The third-order valence-electron chi connectivity index (χ3n) is 6.48. The van der Waals surface area contributed by atoms with Crippen LogP contribution in [0.3, 0.4) is 0 Å². The summed E-state index contributed by atoms with van der Waals surface area (Å²) >= 11 is 0. The molecule has 4 rings (SSSR count). The van der Waals surface area contributed by atoms with Gasteiger partial charge in [0.2, 0.25) is 5.60 Å². The van der Waals surface area contributed by atoms with E-state index in [1.165, 1.54) is 0 Å². The zero-order valence-electron chi connectivity index (χ0n) is 17.4. The van der Waals surface area contributed by atoms with Gasteiger partial charge in [0.05, 0.1) is 14.1 Å². The van der Waals surface area contributed by atoms with Crippen LogP contribution in [0, 0.1) is 23.3 Å². The lowest BCUT2D eigenvalue weighted by Crippen LogP contribution is -3.00. The Morgan fingerprint density at radius 3 is 1.81 bits per heavy atom. The van der Waals surface area contributed by atoms with Crippen LogP contribution in [0.5, 0.6) is 0 Å². The fourth-order valence-electron chi connectivity index (χ4n) is 4.53. The number of hydrogen-bond donors (Lipinski definition) is 1. The lowest BCUT2D eigenvalue weighted by molar-refractivity contribution is -0.926. The minimum atomic E-state index is -3.08. The second-order valence-corrected chi connectivity index (χ2v) is 8.61. The summed E-state index contributed by atoms with van der Waals surface area (Å²) in [5, 5.41) is 11.3. The van der Waals surface area contributed by atoms with Crippen LogP contribution in [0.4, 0.5) is 17.6 Å². The number of ether oxygens (including phenoxy) is 1. The van der Waals surface area contributed by atoms with Crippen LogP contribution < -0.4 is 17.0 Å². The van der Waals surface area contributed by atoms with Crippen molar-refractivity contribution in [2.75, 3.05) is 14.1 Å². The van der Waals surface area contributed by atoms with Gasteiger partial charge in [-0.3, -0.25) is 0 Å². The highest BCUT2D eigenvalue weighted by Crippen LogP contribution is 2.39. The van der Waals surface area contributed by atoms with Crippen molar-refractivity contribution in [3.63, 3.8) is 0 Å². The standard InChI is InChI=1S/C23H22F4NO3.BrH/c1-28(2)15-5-6-16(28)12-17(11-15)31-22(29)23(30,18-9-13(24)3-7-20(18)26)19-10-14(25)4-8-21(19)27;/h3-10,15-17,30H,11-12H2,1-2H3;1H/q+1;/p-1/t15-,16?,17?;/m1./s1. The van der Waals surface area contributed by atoms with Gasteiger partial charge in [0.1, 0.15) is 41.5 Å². The molecule has 2 bridgehead atoms. The number of halogens is 5. The van der Waals surface area contributed by atoms with Gasteiger partial charge in [0.25, 0.3) is 0 Å². The van der Waals surface area contributed by atoms with Gasteiger partial charge in [-0.05, 0) is 48.6 Å². The van der Waals surface area contributed by atoms with E-state index in [4.69, 9.17) is 4.74 Å². The summed E-state index contributed by atoms with van der Waals surface area (Å²) in [4.78, 5) is 13.2. The van der Waals surface area contributed by atoms with E-state index in [-0.39, 0.29) is 29.1 Å². The predicted octanol–water partition coefficient (Wildman–Crippen LogP) is 0.572.